The second kappa shape index (κ2) is 9.04. The molecule has 0 bridgehead atoms. The average Bonchev–Trinajstić information content (AvgIpc) is 3.35. The van der Waals surface area contributed by atoms with Gasteiger partial charge in [0.15, 0.2) is 0 Å². The molecule has 0 atom stereocenters. The van der Waals surface area contributed by atoms with Crippen LogP contribution < -0.4 is 10.9 Å². The molecule has 4 heterocycles. The van der Waals surface area contributed by atoms with E-state index in [-0.39, 0.29) is 30.2 Å². The smallest absolute Gasteiger partial charge is 0.267 e. The third kappa shape index (κ3) is 4.41. The normalized spacial score (nSPS) is 15.4. The van der Waals surface area contributed by atoms with Crippen LogP contribution in [0.2, 0.25) is 0 Å². The molecule has 1 aliphatic heterocycles. The summed E-state index contributed by atoms with van der Waals surface area (Å²) in [5, 5.41) is 12.2. The Morgan fingerprint density at radius 3 is 2.90 bits per heavy atom. The second-order valence-corrected chi connectivity index (χ2v) is 8.64. The number of hydrogen-bond donors (Lipinski definition) is 2. The van der Waals surface area contributed by atoms with Gasteiger partial charge in [-0.25, -0.2) is 4.98 Å². The molecule has 0 aliphatic carbocycles. The number of aromatic nitrogens is 2. The van der Waals surface area contributed by atoms with Gasteiger partial charge in [-0.3, -0.25) is 18.9 Å². The van der Waals surface area contributed by atoms with E-state index in [0.29, 0.717) is 39.4 Å². The molecule has 0 unspecified atom stereocenters. The molecule has 1 aliphatic rings. The van der Waals surface area contributed by atoms with Crippen LogP contribution in [0, 0.1) is 6.92 Å². The van der Waals surface area contributed by atoms with Crippen LogP contribution >= 0.6 is 24.0 Å². The van der Waals surface area contributed by atoms with Crippen LogP contribution in [-0.4, -0.2) is 42.8 Å². The number of carbonyl (C=O) groups is 1. The van der Waals surface area contributed by atoms with Crippen LogP contribution in [0.3, 0.4) is 0 Å². The minimum absolute atomic E-state index is 0.0134. The van der Waals surface area contributed by atoms with Gasteiger partial charge in [0.05, 0.1) is 23.3 Å². The first-order valence-corrected chi connectivity index (χ1v) is 10.9. The lowest BCUT2D eigenvalue weighted by Gasteiger charge is -2.12. The van der Waals surface area contributed by atoms with Gasteiger partial charge in [-0.15, -0.1) is 0 Å². The lowest BCUT2D eigenvalue weighted by molar-refractivity contribution is -0.122. The van der Waals surface area contributed by atoms with Crippen molar-refractivity contribution in [3.8, 4) is 0 Å². The van der Waals surface area contributed by atoms with Crippen LogP contribution in [0.25, 0.3) is 11.7 Å². The number of anilines is 1. The second-order valence-electron chi connectivity index (χ2n) is 6.97. The fraction of sp³-hybridized carbons (Fsp3) is 0.238. The van der Waals surface area contributed by atoms with E-state index >= 15 is 0 Å². The highest BCUT2D eigenvalue weighted by Gasteiger charge is 2.33. The Labute approximate surface area is 187 Å². The van der Waals surface area contributed by atoms with Gasteiger partial charge in [-0.2, -0.15) is 0 Å². The Bertz CT molecular complexity index is 1230. The third-order valence-electron chi connectivity index (χ3n) is 4.68. The Kier molecular flexibility index (Phi) is 6.21. The Morgan fingerprint density at radius 1 is 1.32 bits per heavy atom. The highest BCUT2D eigenvalue weighted by molar-refractivity contribution is 8.26. The third-order valence-corrected chi connectivity index (χ3v) is 6.05. The van der Waals surface area contributed by atoms with Gasteiger partial charge in [0.2, 0.25) is 0 Å². The van der Waals surface area contributed by atoms with E-state index in [2.05, 4.69) is 10.3 Å². The summed E-state index contributed by atoms with van der Waals surface area (Å²) >= 11 is 6.51. The summed E-state index contributed by atoms with van der Waals surface area (Å²) in [6.45, 7) is 2.56. The Morgan fingerprint density at radius 2 is 2.16 bits per heavy atom. The van der Waals surface area contributed by atoms with Crippen molar-refractivity contribution < 1.29 is 14.3 Å². The van der Waals surface area contributed by atoms with Gasteiger partial charge in [0.25, 0.3) is 11.5 Å². The van der Waals surface area contributed by atoms with Crippen LogP contribution in [0.4, 0.5) is 5.82 Å². The molecule has 1 saturated heterocycles. The predicted molar refractivity (Wildman–Crippen MR) is 124 cm³/mol. The Balaban J connectivity index is 1.75. The van der Waals surface area contributed by atoms with Gasteiger partial charge in [0.1, 0.15) is 21.5 Å². The number of hydrogen-bond acceptors (Lipinski definition) is 8. The summed E-state index contributed by atoms with van der Waals surface area (Å²) < 4.78 is 7.18. The SMILES string of the molecule is Cc1ccc2nc(NCCCO)c(C=C3SC(=S)N(Cc4ccco4)C3=O)c(=O)n2c1. The molecule has 4 rings (SSSR count). The maximum Gasteiger partial charge on any atom is 0.267 e. The van der Waals surface area contributed by atoms with E-state index in [0.717, 1.165) is 17.3 Å². The number of nitrogens with zero attached hydrogens (tertiary/aromatic N) is 3. The fourth-order valence-corrected chi connectivity index (χ4v) is 4.37. The van der Waals surface area contributed by atoms with E-state index in [1.807, 2.05) is 13.0 Å². The number of furan rings is 1. The van der Waals surface area contributed by atoms with Crippen LogP contribution in [-0.2, 0) is 11.3 Å². The van der Waals surface area contributed by atoms with Gasteiger partial charge >= 0.3 is 0 Å². The largest absolute Gasteiger partial charge is 0.467 e. The lowest BCUT2D eigenvalue weighted by atomic mass is 10.2. The number of aliphatic hydroxyl groups is 1. The molecule has 31 heavy (non-hydrogen) atoms. The molecule has 1 amide bonds. The summed E-state index contributed by atoms with van der Waals surface area (Å²) in [4.78, 5) is 32.6. The minimum atomic E-state index is -0.295. The van der Waals surface area contributed by atoms with Crippen molar-refractivity contribution in [2.24, 2.45) is 0 Å². The number of thioether (sulfide) groups is 1. The summed E-state index contributed by atoms with van der Waals surface area (Å²) in [5.41, 5.74) is 1.37. The topological polar surface area (TPSA) is 100 Å². The van der Waals surface area contributed by atoms with Gasteiger partial charge in [-0.05, 0) is 43.2 Å². The monoisotopic (exact) mass is 456 g/mol. The zero-order valence-corrected chi connectivity index (χ0v) is 18.3. The van der Waals surface area contributed by atoms with Crippen molar-refractivity contribution in [1.29, 1.82) is 0 Å². The lowest BCUT2D eigenvalue weighted by Crippen LogP contribution is -2.27. The Hall–Kier alpha value is -2.95. The zero-order valence-electron chi connectivity index (χ0n) is 16.7. The maximum atomic E-state index is 13.3. The average molecular weight is 457 g/mol. The number of carbonyl (C=O) groups excluding carboxylic acids is 1. The zero-order chi connectivity index (χ0) is 22.0. The van der Waals surface area contributed by atoms with E-state index < -0.39 is 0 Å². The first-order chi connectivity index (χ1) is 15.0. The molecule has 0 spiro atoms. The predicted octanol–water partition coefficient (Wildman–Crippen LogP) is 2.79. The van der Waals surface area contributed by atoms with Crippen LogP contribution in [0.15, 0.2) is 50.8 Å². The highest BCUT2D eigenvalue weighted by Crippen LogP contribution is 2.34. The van der Waals surface area contributed by atoms with Crippen molar-refractivity contribution in [1.82, 2.24) is 14.3 Å². The van der Waals surface area contributed by atoms with E-state index in [1.165, 1.54) is 21.6 Å². The van der Waals surface area contributed by atoms with Gasteiger partial charge in [-0.1, -0.05) is 30.0 Å². The van der Waals surface area contributed by atoms with E-state index in [9.17, 15) is 9.59 Å². The fourth-order valence-electron chi connectivity index (χ4n) is 3.14. The number of nitrogens with one attached hydrogen (secondary N) is 1. The standard InChI is InChI=1S/C21H20N4O4S2/c1-13-5-6-17-23-18(22-7-3-8-26)15(19(27)24(17)11-13)10-16-20(28)25(21(30)31-16)12-14-4-2-9-29-14/h2,4-6,9-11,22,26H,3,7-8,12H2,1H3. The van der Waals surface area contributed by atoms with Gasteiger partial charge < -0.3 is 14.8 Å². The van der Waals surface area contributed by atoms with Crippen molar-refractivity contribution in [3.63, 3.8) is 0 Å². The first-order valence-electron chi connectivity index (χ1n) is 9.63. The van der Waals surface area contributed by atoms with Crippen molar-refractivity contribution in [2.75, 3.05) is 18.5 Å². The summed E-state index contributed by atoms with van der Waals surface area (Å²) in [6.07, 6.45) is 5.28. The number of amides is 1. The van der Waals surface area contributed by atoms with Gasteiger partial charge in [0, 0.05) is 19.3 Å². The first kappa shape index (κ1) is 21.3. The quantitative estimate of drug-likeness (QED) is 0.318. The number of fused-ring (bicyclic) bond motifs is 1. The molecule has 0 saturated carbocycles. The molecule has 0 aromatic carbocycles. The molecule has 0 radical (unpaired) electrons. The molecule has 8 nitrogen and oxygen atoms in total. The molecular formula is C21H20N4O4S2. The van der Waals surface area contributed by atoms with E-state index in [4.69, 9.17) is 21.7 Å². The highest BCUT2D eigenvalue weighted by atomic mass is 32.2. The molecule has 160 valence electrons. The number of thiocarbonyl (C=S) groups is 1. The maximum absolute atomic E-state index is 13.3. The van der Waals surface area contributed by atoms with Crippen LogP contribution in [0.5, 0.6) is 0 Å². The molecular weight excluding hydrogens is 436 g/mol. The molecule has 10 heteroatoms. The van der Waals surface area contributed by atoms with E-state index in [1.54, 1.807) is 24.4 Å². The number of rotatable bonds is 7. The number of aryl methyl sites for hydroxylation is 1. The number of pyridine rings is 1. The summed E-state index contributed by atoms with van der Waals surface area (Å²) in [7, 11) is 0. The molecule has 2 N–H and O–H groups in total. The molecule has 1 fully saturated rings. The summed E-state index contributed by atoms with van der Waals surface area (Å²) in [6, 6.07) is 7.16. The van der Waals surface area contributed by atoms with Crippen molar-refractivity contribution >= 4 is 51.7 Å². The molecule has 3 aromatic heterocycles. The van der Waals surface area contributed by atoms with Crippen molar-refractivity contribution in [3.05, 3.63) is 68.9 Å². The van der Waals surface area contributed by atoms with Crippen LogP contribution in [0.1, 0.15) is 23.3 Å². The number of aliphatic hydroxyl groups excluding tert-OH is 1. The summed E-state index contributed by atoms with van der Waals surface area (Å²) in [5.74, 6) is 0.687. The van der Waals surface area contributed by atoms with Crippen molar-refractivity contribution in [2.45, 2.75) is 19.9 Å². The molecule has 3 aromatic rings. The minimum Gasteiger partial charge on any atom is -0.467 e.